The van der Waals surface area contributed by atoms with Crippen LogP contribution in [0.1, 0.15) is 32.1 Å². The summed E-state index contributed by atoms with van der Waals surface area (Å²) in [7, 11) is 0. The second kappa shape index (κ2) is 6.67. The maximum Gasteiger partial charge on any atom is 0.319 e. The SMILES string of the molecule is O=C(Nc1ccc(-c2cnns2)cc1)NC1CCCCC1. The molecule has 0 unspecified atom stereocenters. The van der Waals surface area contributed by atoms with Crippen LogP contribution in [0.15, 0.2) is 30.5 Å². The lowest BCUT2D eigenvalue weighted by Gasteiger charge is -2.22. The number of urea groups is 1. The van der Waals surface area contributed by atoms with Crippen LogP contribution in [0.4, 0.5) is 10.5 Å². The van der Waals surface area contributed by atoms with Crippen molar-refractivity contribution in [3.05, 3.63) is 30.5 Å². The standard InChI is InChI=1S/C15H18N4OS/c20-15(17-12-4-2-1-3-5-12)18-13-8-6-11(7-9-13)14-10-16-19-21-14/h6-10,12H,1-5H2,(H2,17,18,20). The van der Waals surface area contributed by atoms with E-state index in [1.807, 2.05) is 24.3 Å². The summed E-state index contributed by atoms with van der Waals surface area (Å²) >= 11 is 1.36. The maximum atomic E-state index is 12.0. The molecule has 0 aliphatic heterocycles. The Bertz CT molecular complexity index is 576. The molecule has 21 heavy (non-hydrogen) atoms. The van der Waals surface area contributed by atoms with Gasteiger partial charge in [0, 0.05) is 11.7 Å². The van der Waals surface area contributed by atoms with Gasteiger partial charge in [-0.25, -0.2) is 4.79 Å². The number of benzene rings is 1. The Morgan fingerprint density at radius 1 is 1.14 bits per heavy atom. The molecule has 2 aromatic rings. The average molecular weight is 302 g/mol. The van der Waals surface area contributed by atoms with Gasteiger partial charge in [-0.15, -0.1) is 5.10 Å². The van der Waals surface area contributed by atoms with E-state index in [-0.39, 0.29) is 6.03 Å². The fourth-order valence-electron chi connectivity index (χ4n) is 2.61. The van der Waals surface area contributed by atoms with Crippen molar-refractivity contribution in [1.82, 2.24) is 14.9 Å². The topological polar surface area (TPSA) is 66.9 Å². The van der Waals surface area contributed by atoms with Crippen LogP contribution in [0.5, 0.6) is 0 Å². The van der Waals surface area contributed by atoms with Crippen LogP contribution in [0.25, 0.3) is 10.4 Å². The minimum atomic E-state index is -0.117. The first-order valence-electron chi connectivity index (χ1n) is 7.26. The van der Waals surface area contributed by atoms with Gasteiger partial charge in [0.05, 0.1) is 11.1 Å². The molecule has 3 rings (SSSR count). The highest BCUT2D eigenvalue weighted by atomic mass is 32.1. The van der Waals surface area contributed by atoms with E-state index in [1.165, 1.54) is 30.8 Å². The van der Waals surface area contributed by atoms with Gasteiger partial charge in [0.2, 0.25) is 0 Å². The van der Waals surface area contributed by atoms with Gasteiger partial charge in [-0.05, 0) is 42.1 Å². The van der Waals surface area contributed by atoms with Crippen molar-refractivity contribution in [3.63, 3.8) is 0 Å². The van der Waals surface area contributed by atoms with E-state index in [0.717, 1.165) is 29.0 Å². The highest BCUT2D eigenvalue weighted by Gasteiger charge is 2.15. The number of aromatic nitrogens is 2. The molecule has 0 spiro atoms. The number of carbonyl (C=O) groups excluding carboxylic acids is 1. The van der Waals surface area contributed by atoms with Gasteiger partial charge in [-0.2, -0.15) is 0 Å². The monoisotopic (exact) mass is 302 g/mol. The summed E-state index contributed by atoms with van der Waals surface area (Å²) in [6.07, 6.45) is 7.62. The van der Waals surface area contributed by atoms with E-state index >= 15 is 0 Å². The largest absolute Gasteiger partial charge is 0.335 e. The summed E-state index contributed by atoms with van der Waals surface area (Å²) < 4.78 is 3.85. The van der Waals surface area contributed by atoms with Crippen molar-refractivity contribution in [1.29, 1.82) is 0 Å². The second-order valence-electron chi connectivity index (χ2n) is 5.29. The van der Waals surface area contributed by atoms with E-state index in [1.54, 1.807) is 6.20 Å². The van der Waals surface area contributed by atoms with Crippen LogP contribution in [-0.4, -0.2) is 21.7 Å². The Hall–Kier alpha value is -1.95. The van der Waals surface area contributed by atoms with Gasteiger partial charge in [-0.3, -0.25) is 0 Å². The molecule has 1 heterocycles. The molecule has 5 nitrogen and oxygen atoms in total. The Kier molecular flexibility index (Phi) is 4.45. The first-order chi connectivity index (χ1) is 10.3. The molecule has 1 fully saturated rings. The molecule has 2 N–H and O–H groups in total. The van der Waals surface area contributed by atoms with Crippen molar-refractivity contribution in [2.24, 2.45) is 0 Å². The number of hydrogen-bond acceptors (Lipinski definition) is 4. The molecule has 1 aromatic heterocycles. The highest BCUT2D eigenvalue weighted by Crippen LogP contribution is 2.23. The third-order valence-corrected chi connectivity index (χ3v) is 4.44. The number of hydrogen-bond donors (Lipinski definition) is 2. The molecule has 0 atom stereocenters. The molecule has 1 saturated carbocycles. The summed E-state index contributed by atoms with van der Waals surface area (Å²) in [5.41, 5.74) is 1.85. The number of amides is 2. The fraction of sp³-hybridized carbons (Fsp3) is 0.400. The maximum absolute atomic E-state index is 12.0. The Morgan fingerprint density at radius 3 is 2.57 bits per heavy atom. The van der Waals surface area contributed by atoms with Gasteiger partial charge in [0.15, 0.2) is 0 Å². The molecular formula is C15H18N4OS. The summed E-state index contributed by atoms with van der Waals surface area (Å²) in [6, 6.07) is 7.93. The van der Waals surface area contributed by atoms with Crippen molar-refractivity contribution < 1.29 is 4.79 Å². The van der Waals surface area contributed by atoms with Gasteiger partial charge < -0.3 is 10.6 Å². The predicted octanol–water partition coefficient (Wildman–Crippen LogP) is 3.66. The second-order valence-corrected chi connectivity index (χ2v) is 6.08. The minimum absolute atomic E-state index is 0.117. The van der Waals surface area contributed by atoms with E-state index in [0.29, 0.717) is 6.04 Å². The number of anilines is 1. The lowest BCUT2D eigenvalue weighted by Crippen LogP contribution is -2.38. The number of nitrogens with zero attached hydrogens (tertiary/aromatic N) is 2. The summed E-state index contributed by atoms with van der Waals surface area (Å²) in [4.78, 5) is 13.0. The lowest BCUT2D eigenvalue weighted by molar-refractivity contribution is 0.244. The van der Waals surface area contributed by atoms with Gasteiger partial charge in [-0.1, -0.05) is 35.9 Å². The zero-order valence-corrected chi connectivity index (χ0v) is 12.5. The Balaban J connectivity index is 1.56. The minimum Gasteiger partial charge on any atom is -0.335 e. The van der Waals surface area contributed by atoms with E-state index in [9.17, 15) is 4.79 Å². The summed E-state index contributed by atoms with van der Waals surface area (Å²) in [5.74, 6) is 0. The van der Waals surface area contributed by atoms with Gasteiger partial charge in [0.1, 0.15) is 0 Å². The van der Waals surface area contributed by atoms with Gasteiger partial charge >= 0.3 is 6.03 Å². The van der Waals surface area contributed by atoms with Crippen molar-refractivity contribution in [3.8, 4) is 10.4 Å². The molecule has 0 bridgehead atoms. The molecule has 0 saturated heterocycles. The molecule has 1 aliphatic carbocycles. The number of carbonyl (C=O) groups is 1. The molecule has 6 heteroatoms. The number of nitrogens with one attached hydrogen (secondary N) is 2. The zero-order valence-electron chi connectivity index (χ0n) is 11.7. The summed E-state index contributed by atoms with van der Waals surface area (Å²) in [6.45, 7) is 0. The molecular weight excluding hydrogens is 284 g/mol. The van der Waals surface area contributed by atoms with E-state index in [2.05, 4.69) is 20.2 Å². The quantitative estimate of drug-likeness (QED) is 0.909. The van der Waals surface area contributed by atoms with E-state index in [4.69, 9.17) is 0 Å². The fourth-order valence-corrected chi connectivity index (χ4v) is 3.13. The molecule has 2 amide bonds. The molecule has 1 aromatic carbocycles. The first kappa shape index (κ1) is 14.0. The van der Waals surface area contributed by atoms with Crippen molar-refractivity contribution in [2.75, 3.05) is 5.32 Å². The first-order valence-corrected chi connectivity index (χ1v) is 8.04. The van der Waals surface area contributed by atoms with Crippen LogP contribution in [0.2, 0.25) is 0 Å². The number of rotatable bonds is 3. The smallest absolute Gasteiger partial charge is 0.319 e. The average Bonchev–Trinajstić information content (AvgIpc) is 3.03. The normalized spacial score (nSPS) is 15.6. The zero-order chi connectivity index (χ0) is 14.5. The third kappa shape index (κ3) is 3.78. The predicted molar refractivity (Wildman–Crippen MR) is 84.4 cm³/mol. The van der Waals surface area contributed by atoms with Gasteiger partial charge in [0.25, 0.3) is 0 Å². The van der Waals surface area contributed by atoms with Crippen LogP contribution < -0.4 is 10.6 Å². The molecule has 0 radical (unpaired) electrons. The van der Waals surface area contributed by atoms with Crippen molar-refractivity contribution in [2.45, 2.75) is 38.1 Å². The van der Waals surface area contributed by atoms with Crippen molar-refractivity contribution >= 4 is 23.3 Å². The Labute approximate surface area is 127 Å². The Morgan fingerprint density at radius 2 is 1.90 bits per heavy atom. The van der Waals surface area contributed by atoms with E-state index < -0.39 is 0 Å². The summed E-state index contributed by atoms with van der Waals surface area (Å²) in [5, 5.41) is 9.75. The molecule has 1 aliphatic rings. The van der Waals surface area contributed by atoms with Crippen LogP contribution in [-0.2, 0) is 0 Å². The highest BCUT2D eigenvalue weighted by molar-refractivity contribution is 7.09. The van der Waals surface area contributed by atoms with Crippen LogP contribution in [0, 0.1) is 0 Å². The molecule has 110 valence electrons. The third-order valence-electron chi connectivity index (χ3n) is 3.73. The van der Waals surface area contributed by atoms with Crippen LogP contribution in [0.3, 0.4) is 0 Å². The van der Waals surface area contributed by atoms with Crippen LogP contribution >= 0.6 is 11.5 Å². The lowest BCUT2D eigenvalue weighted by atomic mass is 9.96.